The van der Waals surface area contributed by atoms with E-state index >= 15 is 0 Å². The highest BCUT2D eigenvalue weighted by Gasteiger charge is 2.26. The number of amides is 1. The summed E-state index contributed by atoms with van der Waals surface area (Å²) < 4.78 is 1.64. The minimum atomic E-state index is -0.911. The molecule has 0 fully saturated rings. The lowest BCUT2D eigenvalue weighted by atomic mass is 9.94. The molecular weight excluding hydrogens is 346 g/mol. The van der Waals surface area contributed by atoms with Crippen LogP contribution in [0.25, 0.3) is 10.9 Å². The zero-order valence-corrected chi connectivity index (χ0v) is 14.8. The van der Waals surface area contributed by atoms with Gasteiger partial charge in [-0.05, 0) is 49.6 Å². The smallest absolute Gasteiger partial charge is 0.323 e. The van der Waals surface area contributed by atoms with Crippen LogP contribution >= 0.6 is 0 Å². The highest BCUT2D eigenvalue weighted by Crippen LogP contribution is 2.27. The zero-order valence-electron chi connectivity index (χ0n) is 14.8. The number of carboxylic acids is 1. The molecule has 27 heavy (non-hydrogen) atoms. The van der Waals surface area contributed by atoms with Gasteiger partial charge in [0.05, 0.1) is 0 Å². The second kappa shape index (κ2) is 6.42. The maximum Gasteiger partial charge on any atom is 0.323 e. The van der Waals surface area contributed by atoms with Crippen molar-refractivity contribution in [1.82, 2.24) is 9.55 Å². The van der Waals surface area contributed by atoms with Crippen molar-refractivity contribution >= 4 is 34.3 Å². The van der Waals surface area contributed by atoms with Crippen molar-refractivity contribution < 1.29 is 19.5 Å². The van der Waals surface area contributed by atoms with Crippen molar-refractivity contribution in [2.24, 2.45) is 0 Å². The van der Waals surface area contributed by atoms with Crippen molar-refractivity contribution in [1.29, 1.82) is 0 Å². The molecule has 0 bridgehead atoms. The first-order valence-electron chi connectivity index (χ1n) is 8.80. The van der Waals surface area contributed by atoms with Crippen LogP contribution in [0.4, 0.5) is 5.69 Å². The van der Waals surface area contributed by atoms with E-state index in [1.807, 2.05) is 6.07 Å². The van der Waals surface area contributed by atoms with Gasteiger partial charge in [0, 0.05) is 40.5 Å². The number of hydrogen-bond acceptors (Lipinski definition) is 3. The molecule has 7 nitrogen and oxygen atoms in total. The standard InChI is InChI=1S/C20H19N3O4/c1-11-18-14(3-2-4-16(18)24)22-19(11)20(27)21-13-5-6-15-12(9-13)7-8-23(15)10-17(25)26/h5-9,22H,2-4,10H2,1H3,(H,21,27)(H,25,26). The molecule has 1 aliphatic rings. The van der Waals surface area contributed by atoms with Crippen LogP contribution in [0, 0.1) is 6.92 Å². The van der Waals surface area contributed by atoms with Crippen LogP contribution in [-0.4, -0.2) is 32.3 Å². The molecule has 3 N–H and O–H groups in total. The number of aryl methyl sites for hydroxylation is 1. The Morgan fingerprint density at radius 3 is 2.81 bits per heavy atom. The molecule has 0 atom stereocenters. The Kier molecular flexibility index (Phi) is 4.07. The third-order valence-electron chi connectivity index (χ3n) is 5.00. The van der Waals surface area contributed by atoms with Gasteiger partial charge in [-0.25, -0.2) is 0 Å². The quantitative estimate of drug-likeness (QED) is 0.661. The summed E-state index contributed by atoms with van der Waals surface area (Å²) >= 11 is 0. The van der Waals surface area contributed by atoms with Gasteiger partial charge in [0.15, 0.2) is 5.78 Å². The predicted octanol–water partition coefficient (Wildman–Crippen LogP) is 3.13. The van der Waals surface area contributed by atoms with Gasteiger partial charge in [-0.3, -0.25) is 14.4 Å². The van der Waals surface area contributed by atoms with E-state index in [0.29, 0.717) is 28.9 Å². The first-order valence-corrected chi connectivity index (χ1v) is 8.80. The van der Waals surface area contributed by atoms with E-state index in [1.165, 1.54) is 0 Å². The van der Waals surface area contributed by atoms with Crippen molar-refractivity contribution in [2.45, 2.75) is 32.7 Å². The first-order chi connectivity index (χ1) is 12.9. The number of benzene rings is 1. The summed E-state index contributed by atoms with van der Waals surface area (Å²) in [4.78, 5) is 38.9. The summed E-state index contributed by atoms with van der Waals surface area (Å²) in [7, 11) is 0. The molecule has 0 radical (unpaired) electrons. The number of nitrogens with zero attached hydrogens (tertiary/aromatic N) is 1. The van der Waals surface area contributed by atoms with Crippen molar-refractivity contribution in [3.63, 3.8) is 0 Å². The molecule has 0 unspecified atom stereocenters. The normalized spacial score (nSPS) is 13.6. The molecule has 3 aromatic rings. The van der Waals surface area contributed by atoms with E-state index in [1.54, 1.807) is 35.9 Å². The number of fused-ring (bicyclic) bond motifs is 2. The number of rotatable bonds is 4. The number of carbonyl (C=O) groups is 3. The van der Waals surface area contributed by atoms with Gasteiger partial charge in [0.1, 0.15) is 12.2 Å². The van der Waals surface area contributed by atoms with Gasteiger partial charge in [-0.2, -0.15) is 0 Å². The molecule has 0 saturated carbocycles. The molecule has 2 aromatic heterocycles. The molecule has 4 rings (SSSR count). The van der Waals surface area contributed by atoms with Gasteiger partial charge in [0.25, 0.3) is 5.91 Å². The third kappa shape index (κ3) is 3.01. The lowest BCUT2D eigenvalue weighted by Gasteiger charge is -2.09. The van der Waals surface area contributed by atoms with Crippen LogP contribution in [-0.2, 0) is 17.8 Å². The van der Waals surface area contributed by atoms with Gasteiger partial charge in [0.2, 0.25) is 0 Å². The fourth-order valence-electron chi connectivity index (χ4n) is 3.76. The molecule has 0 saturated heterocycles. The van der Waals surface area contributed by atoms with Crippen LogP contribution in [0.3, 0.4) is 0 Å². The predicted molar refractivity (Wildman–Crippen MR) is 100 cm³/mol. The third-order valence-corrected chi connectivity index (χ3v) is 5.00. The SMILES string of the molecule is Cc1c(C(=O)Nc2ccc3c(ccn3CC(=O)O)c2)[nH]c2c1C(=O)CCC2. The lowest BCUT2D eigenvalue weighted by molar-refractivity contribution is -0.137. The van der Waals surface area contributed by atoms with Crippen LogP contribution in [0.2, 0.25) is 0 Å². The number of carbonyl (C=O) groups excluding carboxylic acids is 2. The summed E-state index contributed by atoms with van der Waals surface area (Å²) in [5.41, 5.74) is 4.01. The van der Waals surface area contributed by atoms with E-state index in [-0.39, 0.29) is 18.2 Å². The Morgan fingerprint density at radius 2 is 2.07 bits per heavy atom. The maximum absolute atomic E-state index is 12.7. The number of aromatic nitrogens is 2. The number of Topliss-reactive ketones (excluding diaryl/α,β-unsaturated/α-hetero) is 1. The monoisotopic (exact) mass is 365 g/mol. The van der Waals surface area contributed by atoms with E-state index in [0.717, 1.165) is 29.4 Å². The average molecular weight is 365 g/mol. The summed E-state index contributed by atoms with van der Waals surface area (Å²) in [5.74, 6) is -1.12. The van der Waals surface area contributed by atoms with Crippen LogP contribution in [0.15, 0.2) is 30.5 Å². The summed E-state index contributed by atoms with van der Waals surface area (Å²) in [6, 6.07) is 7.13. The van der Waals surface area contributed by atoms with Crippen LogP contribution in [0.5, 0.6) is 0 Å². The fraction of sp³-hybridized carbons (Fsp3) is 0.250. The highest BCUT2D eigenvalue weighted by atomic mass is 16.4. The largest absolute Gasteiger partial charge is 0.480 e. The minimum Gasteiger partial charge on any atom is -0.480 e. The first kappa shape index (κ1) is 17.1. The minimum absolute atomic E-state index is 0.0882. The summed E-state index contributed by atoms with van der Waals surface area (Å²) in [6.45, 7) is 1.68. The zero-order chi connectivity index (χ0) is 19.1. The molecule has 7 heteroatoms. The number of H-pyrrole nitrogens is 1. The molecule has 0 aliphatic heterocycles. The van der Waals surface area contributed by atoms with E-state index < -0.39 is 5.97 Å². The van der Waals surface area contributed by atoms with Gasteiger partial charge in [-0.15, -0.1) is 0 Å². The Hall–Kier alpha value is -3.35. The average Bonchev–Trinajstić information content (AvgIpc) is 3.16. The van der Waals surface area contributed by atoms with Crippen LogP contribution < -0.4 is 5.32 Å². The number of aliphatic carboxylic acids is 1. The number of nitrogens with one attached hydrogen (secondary N) is 2. The summed E-state index contributed by atoms with van der Waals surface area (Å²) in [5, 5.41) is 12.7. The molecular formula is C20H19N3O4. The number of aromatic amines is 1. The second-order valence-corrected chi connectivity index (χ2v) is 6.82. The van der Waals surface area contributed by atoms with E-state index in [2.05, 4.69) is 10.3 Å². The van der Waals surface area contributed by atoms with E-state index in [4.69, 9.17) is 5.11 Å². The van der Waals surface area contributed by atoms with Gasteiger partial charge in [-0.1, -0.05) is 0 Å². The van der Waals surface area contributed by atoms with Gasteiger partial charge >= 0.3 is 5.97 Å². The number of hydrogen-bond donors (Lipinski definition) is 3. The van der Waals surface area contributed by atoms with E-state index in [9.17, 15) is 14.4 Å². The molecule has 1 aliphatic carbocycles. The molecule has 138 valence electrons. The molecule has 2 heterocycles. The molecule has 1 aromatic carbocycles. The Labute approximate surface area is 155 Å². The van der Waals surface area contributed by atoms with Crippen molar-refractivity contribution in [2.75, 3.05) is 5.32 Å². The molecule has 0 spiro atoms. The Morgan fingerprint density at radius 1 is 1.26 bits per heavy atom. The Balaban J connectivity index is 1.60. The molecule has 1 amide bonds. The topological polar surface area (TPSA) is 104 Å². The van der Waals surface area contributed by atoms with Crippen LogP contribution in [0.1, 0.15) is 44.9 Å². The summed E-state index contributed by atoms with van der Waals surface area (Å²) in [6.07, 6.45) is 3.81. The lowest BCUT2D eigenvalue weighted by Crippen LogP contribution is -2.14. The second-order valence-electron chi connectivity index (χ2n) is 6.82. The number of ketones is 1. The number of anilines is 1. The Bertz CT molecular complexity index is 1090. The van der Waals surface area contributed by atoms with Crippen molar-refractivity contribution in [3.05, 3.63) is 53.0 Å². The van der Waals surface area contributed by atoms with Gasteiger partial charge < -0.3 is 20.0 Å². The number of carboxylic acid groups (broad SMARTS) is 1. The van der Waals surface area contributed by atoms with Crippen molar-refractivity contribution in [3.8, 4) is 0 Å². The fourth-order valence-corrected chi connectivity index (χ4v) is 3.76. The maximum atomic E-state index is 12.7. The highest BCUT2D eigenvalue weighted by molar-refractivity contribution is 6.09.